The monoisotopic (exact) mass is 334 g/mol. The highest BCUT2D eigenvalue weighted by Gasteiger charge is 2.95. The molecule has 112 valence electrons. The number of nitrogens with two attached hydrogens (primary N) is 1. The summed E-state index contributed by atoms with van der Waals surface area (Å²) in [5, 5.41) is 11.1. The largest absolute Gasteiger partial charge is 0.368 e. The zero-order chi connectivity index (χ0) is 15.8. The first-order valence-electron chi connectivity index (χ1n) is 6.53. The van der Waals surface area contributed by atoms with Gasteiger partial charge < -0.3 is 5.73 Å². The maximum atomic E-state index is 12.8. The van der Waals surface area contributed by atoms with E-state index in [4.69, 9.17) is 5.73 Å². The van der Waals surface area contributed by atoms with Crippen LogP contribution < -0.4 is 5.73 Å². The number of hydrogen-bond acceptors (Lipinski definition) is 6. The van der Waals surface area contributed by atoms with Crippen LogP contribution in [0.1, 0.15) is 10.4 Å². The molecule has 0 aromatic heterocycles. The summed E-state index contributed by atoms with van der Waals surface area (Å²) in [6.45, 7) is 0. The fraction of sp³-hybridized carbons (Fsp3) is 0.286. The fourth-order valence-electron chi connectivity index (χ4n) is 3.15. The van der Waals surface area contributed by atoms with E-state index in [1.54, 1.807) is 36.4 Å². The molecule has 1 aromatic rings. The van der Waals surface area contributed by atoms with Crippen LogP contribution in [0.5, 0.6) is 0 Å². The summed E-state index contributed by atoms with van der Waals surface area (Å²) >= 11 is 2.17. The van der Waals surface area contributed by atoms with Crippen molar-refractivity contribution >= 4 is 35.2 Å². The predicted molar refractivity (Wildman–Crippen MR) is 83.3 cm³/mol. The molecule has 2 saturated heterocycles. The van der Waals surface area contributed by atoms with Crippen LogP contribution in [0.25, 0.3) is 0 Å². The molecule has 8 heteroatoms. The van der Waals surface area contributed by atoms with Gasteiger partial charge in [0.15, 0.2) is 10.5 Å². The second kappa shape index (κ2) is 3.94. The van der Waals surface area contributed by atoms with E-state index in [9.17, 15) is 19.7 Å². The van der Waals surface area contributed by atoms with E-state index in [0.717, 1.165) is 11.8 Å². The molecule has 2 fully saturated rings. The van der Waals surface area contributed by atoms with Crippen molar-refractivity contribution in [3.8, 4) is 0 Å². The molecule has 2 aliphatic heterocycles. The van der Waals surface area contributed by atoms with Crippen LogP contribution in [0.2, 0.25) is 0 Å². The first-order valence-corrected chi connectivity index (χ1v) is 8.23. The van der Waals surface area contributed by atoms with Crippen LogP contribution in [0, 0.1) is 10.1 Å². The molecule has 4 unspecified atom stereocenters. The lowest BCUT2D eigenvalue weighted by Crippen LogP contribution is -2.50. The van der Waals surface area contributed by atoms with Gasteiger partial charge in [-0.15, -0.1) is 11.8 Å². The molecule has 2 N–H and O–H groups in total. The normalized spacial score (nSPS) is 40.3. The van der Waals surface area contributed by atoms with Crippen molar-refractivity contribution in [1.29, 1.82) is 0 Å². The van der Waals surface area contributed by atoms with Crippen LogP contribution in [0.4, 0.5) is 0 Å². The Morgan fingerprint density at radius 3 is 2.50 bits per heavy atom. The number of primary amides is 1. The highest BCUT2D eigenvalue weighted by atomic mass is 32.2. The van der Waals surface area contributed by atoms with Crippen LogP contribution >= 0.6 is 23.5 Å². The third kappa shape index (κ3) is 1.35. The number of amides is 1. The topological polar surface area (TPSA) is 103 Å². The van der Waals surface area contributed by atoms with Crippen molar-refractivity contribution in [2.75, 3.05) is 0 Å². The van der Waals surface area contributed by atoms with E-state index < -0.39 is 30.4 Å². The smallest absolute Gasteiger partial charge is 0.308 e. The number of fused-ring (bicyclic) bond motifs is 3. The summed E-state index contributed by atoms with van der Waals surface area (Å²) in [6.07, 6.45) is 3.09. The van der Waals surface area contributed by atoms with Crippen molar-refractivity contribution < 1.29 is 14.5 Å². The first kappa shape index (κ1) is 13.8. The van der Waals surface area contributed by atoms with E-state index in [1.807, 2.05) is 0 Å². The SMILES string of the molecule is NC(=O)C12C=CC3(C(=O)c4ccccc4)SC3([N+](=O)[O-])C1S2. The van der Waals surface area contributed by atoms with E-state index >= 15 is 0 Å². The number of carbonyl (C=O) groups is 2. The van der Waals surface area contributed by atoms with Crippen LogP contribution in [0.3, 0.4) is 0 Å². The van der Waals surface area contributed by atoms with Gasteiger partial charge in [-0.2, -0.15) is 0 Å². The van der Waals surface area contributed by atoms with Gasteiger partial charge in [-0.25, -0.2) is 0 Å². The molecule has 22 heavy (non-hydrogen) atoms. The number of benzene rings is 1. The number of nitro groups is 1. The standard InChI is InChI=1S/C14H10N2O4S2/c15-11(18)12-6-7-13(9(17)8-4-2-1-3-5-8)14(22-13,16(19)20)10(12)21-12/h1-7,10H,(H2,15,18). The highest BCUT2D eigenvalue weighted by molar-refractivity contribution is 8.15. The van der Waals surface area contributed by atoms with Crippen molar-refractivity contribution in [1.82, 2.24) is 0 Å². The maximum Gasteiger partial charge on any atom is 0.308 e. The molecule has 1 amide bonds. The molecule has 6 nitrogen and oxygen atoms in total. The number of nitrogens with zero attached hydrogens (tertiary/aromatic N) is 1. The van der Waals surface area contributed by atoms with Gasteiger partial charge in [0.2, 0.25) is 5.91 Å². The van der Waals surface area contributed by atoms with Gasteiger partial charge >= 0.3 is 4.87 Å². The zero-order valence-electron chi connectivity index (χ0n) is 11.1. The van der Waals surface area contributed by atoms with Gasteiger partial charge in [-0.1, -0.05) is 42.5 Å². The van der Waals surface area contributed by atoms with E-state index in [1.165, 1.54) is 17.8 Å². The molecule has 4 atom stereocenters. The molecule has 2 heterocycles. The summed E-state index contributed by atoms with van der Waals surface area (Å²) in [7, 11) is 0. The van der Waals surface area contributed by atoms with Crippen molar-refractivity contribution in [2.45, 2.75) is 19.6 Å². The summed E-state index contributed by atoms with van der Waals surface area (Å²) in [5.74, 6) is -0.884. The van der Waals surface area contributed by atoms with Crippen molar-refractivity contribution in [3.05, 3.63) is 58.2 Å². The quantitative estimate of drug-likeness (QED) is 0.292. The summed E-state index contributed by atoms with van der Waals surface area (Å²) in [6, 6.07) is 8.50. The molecular formula is C14H10N2O4S2. The van der Waals surface area contributed by atoms with Gasteiger partial charge in [0.1, 0.15) is 10.00 Å². The number of thioether (sulfide) groups is 2. The Morgan fingerprint density at radius 2 is 1.91 bits per heavy atom. The Kier molecular flexibility index (Phi) is 2.47. The fourth-order valence-corrected chi connectivity index (χ4v) is 6.47. The second-order valence-electron chi connectivity index (χ2n) is 5.47. The average molecular weight is 334 g/mol. The molecule has 0 saturated carbocycles. The predicted octanol–water partition coefficient (Wildman–Crippen LogP) is 1.24. The minimum Gasteiger partial charge on any atom is -0.368 e. The van der Waals surface area contributed by atoms with E-state index in [-0.39, 0.29) is 5.78 Å². The molecule has 1 aromatic carbocycles. The van der Waals surface area contributed by atoms with E-state index in [2.05, 4.69) is 0 Å². The lowest BCUT2D eigenvalue weighted by atomic mass is 9.80. The Bertz CT molecular complexity index is 767. The lowest BCUT2D eigenvalue weighted by Gasteiger charge is -2.19. The number of Topliss-reactive ketones (excluding diaryl/α,β-unsaturated/α-hetero) is 1. The van der Waals surface area contributed by atoms with E-state index in [0.29, 0.717) is 5.56 Å². The second-order valence-corrected chi connectivity index (χ2v) is 8.33. The number of rotatable bonds is 4. The Morgan fingerprint density at radius 1 is 1.23 bits per heavy atom. The number of carbonyl (C=O) groups excluding carboxylic acids is 2. The van der Waals surface area contributed by atoms with Crippen LogP contribution in [-0.4, -0.2) is 36.2 Å². The zero-order valence-corrected chi connectivity index (χ0v) is 12.7. The lowest BCUT2D eigenvalue weighted by molar-refractivity contribution is -0.526. The molecule has 0 bridgehead atoms. The van der Waals surface area contributed by atoms with Gasteiger partial charge in [-0.3, -0.25) is 19.7 Å². The summed E-state index contributed by atoms with van der Waals surface area (Å²) in [5.41, 5.74) is 5.82. The highest BCUT2D eigenvalue weighted by Crippen LogP contribution is 2.80. The molecule has 1 aliphatic carbocycles. The minimum absolute atomic E-state index is 0.295. The molecule has 0 radical (unpaired) electrons. The Labute approximate surface area is 133 Å². The third-order valence-corrected chi connectivity index (χ3v) is 7.98. The molecule has 0 spiro atoms. The van der Waals surface area contributed by atoms with Crippen LogP contribution in [-0.2, 0) is 4.79 Å². The van der Waals surface area contributed by atoms with Gasteiger partial charge in [0.25, 0.3) is 0 Å². The maximum absolute atomic E-state index is 12.8. The molecular weight excluding hydrogens is 324 g/mol. The summed E-state index contributed by atoms with van der Waals surface area (Å²) in [4.78, 5) is 34.2. The first-order chi connectivity index (χ1) is 10.4. The Balaban J connectivity index is 1.81. The molecule has 4 rings (SSSR count). The van der Waals surface area contributed by atoms with Crippen molar-refractivity contribution in [2.24, 2.45) is 5.73 Å². The minimum atomic E-state index is -1.49. The average Bonchev–Trinajstić information content (AvgIpc) is 3.37. The van der Waals surface area contributed by atoms with Gasteiger partial charge in [0, 0.05) is 10.5 Å². The van der Waals surface area contributed by atoms with Gasteiger partial charge in [0.05, 0.1) is 0 Å². The Hall–Kier alpha value is -1.80. The number of ketones is 1. The molecule has 3 aliphatic rings. The summed E-state index contributed by atoms with van der Waals surface area (Å²) < 4.78 is -2.26. The van der Waals surface area contributed by atoms with Crippen LogP contribution in [0.15, 0.2) is 42.5 Å². The van der Waals surface area contributed by atoms with Crippen molar-refractivity contribution in [3.63, 3.8) is 0 Å². The third-order valence-electron chi connectivity index (χ3n) is 4.40. The van der Waals surface area contributed by atoms with Gasteiger partial charge in [-0.05, 0) is 11.8 Å². The number of hydrogen-bond donors (Lipinski definition) is 1.